The van der Waals surface area contributed by atoms with Crippen molar-refractivity contribution in [1.82, 2.24) is 9.97 Å². The molecular weight excluding hydrogens is 374 g/mol. The first-order valence-corrected chi connectivity index (χ1v) is 7.20. The highest BCUT2D eigenvalue weighted by Gasteiger charge is 2.10. The van der Waals surface area contributed by atoms with Crippen LogP contribution in [0.2, 0.25) is 0 Å². The number of nitrogen functional groups attached to an aromatic ring is 1. The molecule has 2 aromatic rings. The molecular formula is C12H13Br2N5. The Hall–Kier alpha value is -1.18. The van der Waals surface area contributed by atoms with Crippen molar-refractivity contribution >= 4 is 43.6 Å². The Kier molecular flexibility index (Phi) is 4.73. The highest BCUT2D eigenvalue weighted by atomic mass is 79.9. The summed E-state index contributed by atoms with van der Waals surface area (Å²) in [4.78, 5) is 8.27. The van der Waals surface area contributed by atoms with E-state index in [0.29, 0.717) is 11.8 Å². The summed E-state index contributed by atoms with van der Waals surface area (Å²) in [5.41, 5.74) is 3.58. The molecule has 2 rings (SSSR count). The van der Waals surface area contributed by atoms with Gasteiger partial charge in [0.2, 0.25) is 5.95 Å². The number of anilines is 2. The Morgan fingerprint density at radius 3 is 2.79 bits per heavy atom. The normalized spacial score (nSPS) is 12.0. The van der Waals surface area contributed by atoms with E-state index in [-0.39, 0.29) is 6.04 Å². The van der Waals surface area contributed by atoms with Crippen molar-refractivity contribution in [3.63, 3.8) is 0 Å². The zero-order valence-corrected chi connectivity index (χ0v) is 13.4. The maximum atomic E-state index is 5.31. The van der Waals surface area contributed by atoms with Gasteiger partial charge in [0.25, 0.3) is 0 Å². The van der Waals surface area contributed by atoms with Crippen molar-refractivity contribution in [2.24, 2.45) is 5.84 Å². The Labute approximate surface area is 128 Å². The molecule has 0 fully saturated rings. The monoisotopic (exact) mass is 385 g/mol. The summed E-state index contributed by atoms with van der Waals surface area (Å²) >= 11 is 6.87. The second-order valence-corrected chi connectivity index (χ2v) is 5.73. The fraction of sp³-hybridized carbons (Fsp3) is 0.167. The van der Waals surface area contributed by atoms with E-state index in [1.165, 1.54) is 0 Å². The van der Waals surface area contributed by atoms with Crippen LogP contribution in [-0.2, 0) is 0 Å². The molecule has 1 unspecified atom stereocenters. The van der Waals surface area contributed by atoms with Crippen molar-refractivity contribution in [2.45, 2.75) is 13.0 Å². The Morgan fingerprint density at radius 2 is 2.11 bits per heavy atom. The summed E-state index contributed by atoms with van der Waals surface area (Å²) < 4.78 is 1.83. The van der Waals surface area contributed by atoms with Crippen molar-refractivity contribution in [3.8, 4) is 0 Å². The van der Waals surface area contributed by atoms with Crippen LogP contribution in [0.15, 0.2) is 39.4 Å². The lowest BCUT2D eigenvalue weighted by molar-refractivity contribution is 0.869. The second kappa shape index (κ2) is 6.31. The lowest BCUT2D eigenvalue weighted by Crippen LogP contribution is -2.13. The van der Waals surface area contributed by atoms with Gasteiger partial charge in [-0.15, -0.1) is 0 Å². The van der Waals surface area contributed by atoms with Crippen LogP contribution in [0.5, 0.6) is 0 Å². The lowest BCUT2D eigenvalue weighted by atomic mass is 10.1. The highest BCUT2D eigenvalue weighted by molar-refractivity contribution is 9.10. The van der Waals surface area contributed by atoms with E-state index in [1.807, 2.05) is 12.1 Å². The molecule has 0 aliphatic rings. The van der Waals surface area contributed by atoms with Gasteiger partial charge in [0.15, 0.2) is 0 Å². The molecule has 100 valence electrons. The third-order valence-electron chi connectivity index (χ3n) is 2.58. The molecule has 0 aliphatic heterocycles. The highest BCUT2D eigenvalue weighted by Crippen LogP contribution is 2.26. The van der Waals surface area contributed by atoms with E-state index < -0.39 is 0 Å². The van der Waals surface area contributed by atoms with Crippen molar-refractivity contribution in [2.75, 3.05) is 10.7 Å². The van der Waals surface area contributed by atoms with E-state index >= 15 is 0 Å². The van der Waals surface area contributed by atoms with Gasteiger partial charge in [-0.3, -0.25) is 5.43 Å². The standard InChI is InChI=1S/C12H13Br2N5/c1-7(8-3-2-4-9(13)5-8)17-11-10(14)6-16-12(18-11)19-15/h2-7H,15H2,1H3,(H2,16,17,18,19). The van der Waals surface area contributed by atoms with E-state index in [4.69, 9.17) is 5.84 Å². The van der Waals surface area contributed by atoms with Crippen molar-refractivity contribution in [3.05, 3.63) is 45.0 Å². The summed E-state index contributed by atoms with van der Waals surface area (Å²) in [5, 5.41) is 3.31. The number of nitrogens with two attached hydrogens (primary N) is 1. The number of hydrogen-bond acceptors (Lipinski definition) is 5. The zero-order valence-electron chi connectivity index (χ0n) is 10.2. The van der Waals surface area contributed by atoms with Gasteiger partial charge in [-0.25, -0.2) is 10.8 Å². The van der Waals surface area contributed by atoms with Gasteiger partial charge in [0.05, 0.1) is 10.5 Å². The number of aromatic nitrogens is 2. The van der Waals surface area contributed by atoms with E-state index in [9.17, 15) is 0 Å². The van der Waals surface area contributed by atoms with E-state index in [2.05, 4.69) is 71.6 Å². The Morgan fingerprint density at radius 1 is 1.32 bits per heavy atom. The predicted octanol–water partition coefficient (Wildman–Crippen LogP) is 3.46. The molecule has 19 heavy (non-hydrogen) atoms. The molecule has 5 nitrogen and oxygen atoms in total. The third-order valence-corrected chi connectivity index (χ3v) is 3.65. The zero-order chi connectivity index (χ0) is 13.8. The van der Waals surface area contributed by atoms with Gasteiger partial charge in [0, 0.05) is 10.7 Å². The molecule has 0 saturated heterocycles. The van der Waals surface area contributed by atoms with Crippen LogP contribution >= 0.6 is 31.9 Å². The van der Waals surface area contributed by atoms with Crippen molar-refractivity contribution < 1.29 is 0 Å². The fourth-order valence-corrected chi connectivity index (χ4v) is 2.32. The molecule has 1 atom stereocenters. The molecule has 0 bridgehead atoms. The molecule has 0 saturated carbocycles. The molecule has 0 amide bonds. The quantitative estimate of drug-likeness (QED) is 0.554. The molecule has 0 aliphatic carbocycles. The molecule has 4 N–H and O–H groups in total. The van der Waals surface area contributed by atoms with Crippen LogP contribution in [0.25, 0.3) is 0 Å². The van der Waals surface area contributed by atoms with Crippen LogP contribution in [0.1, 0.15) is 18.5 Å². The molecule has 0 spiro atoms. The number of nitrogens with zero attached hydrogens (tertiary/aromatic N) is 2. The van der Waals surface area contributed by atoms with Gasteiger partial charge in [-0.05, 0) is 40.5 Å². The number of hydrazine groups is 1. The van der Waals surface area contributed by atoms with E-state index in [0.717, 1.165) is 14.5 Å². The molecule has 1 aromatic carbocycles. The third kappa shape index (κ3) is 3.65. The molecule has 7 heteroatoms. The summed E-state index contributed by atoms with van der Waals surface area (Å²) in [5.74, 6) is 6.36. The summed E-state index contributed by atoms with van der Waals surface area (Å²) in [6, 6.07) is 8.22. The SMILES string of the molecule is CC(Nc1nc(NN)ncc1Br)c1cccc(Br)c1. The number of benzene rings is 1. The van der Waals surface area contributed by atoms with Gasteiger partial charge in [-0.2, -0.15) is 4.98 Å². The van der Waals surface area contributed by atoms with Crippen LogP contribution in [0, 0.1) is 0 Å². The number of hydrogen-bond donors (Lipinski definition) is 3. The molecule has 1 aromatic heterocycles. The Balaban J connectivity index is 2.21. The van der Waals surface area contributed by atoms with Crippen LogP contribution < -0.4 is 16.6 Å². The first-order chi connectivity index (χ1) is 9.10. The average Bonchev–Trinajstić information content (AvgIpc) is 2.41. The minimum atomic E-state index is 0.106. The maximum absolute atomic E-state index is 5.31. The maximum Gasteiger partial charge on any atom is 0.239 e. The topological polar surface area (TPSA) is 75.9 Å². The van der Waals surface area contributed by atoms with Gasteiger partial charge >= 0.3 is 0 Å². The van der Waals surface area contributed by atoms with Crippen LogP contribution in [0.4, 0.5) is 11.8 Å². The number of rotatable bonds is 4. The summed E-state index contributed by atoms with van der Waals surface area (Å²) in [7, 11) is 0. The van der Waals surface area contributed by atoms with E-state index in [1.54, 1.807) is 6.20 Å². The van der Waals surface area contributed by atoms with Crippen molar-refractivity contribution in [1.29, 1.82) is 0 Å². The summed E-state index contributed by atoms with van der Waals surface area (Å²) in [6.07, 6.45) is 1.65. The minimum absolute atomic E-state index is 0.106. The minimum Gasteiger partial charge on any atom is -0.362 e. The smallest absolute Gasteiger partial charge is 0.239 e. The first kappa shape index (κ1) is 14.2. The van der Waals surface area contributed by atoms with Crippen LogP contribution in [0.3, 0.4) is 0 Å². The van der Waals surface area contributed by atoms with Gasteiger partial charge < -0.3 is 5.32 Å². The lowest BCUT2D eigenvalue weighted by Gasteiger charge is -2.16. The van der Waals surface area contributed by atoms with Gasteiger partial charge in [-0.1, -0.05) is 28.1 Å². The average molecular weight is 387 g/mol. The Bertz CT molecular complexity index is 576. The first-order valence-electron chi connectivity index (χ1n) is 5.61. The summed E-state index contributed by atoms with van der Waals surface area (Å²) in [6.45, 7) is 2.06. The number of halogens is 2. The predicted molar refractivity (Wildman–Crippen MR) is 83.7 cm³/mol. The molecule has 1 heterocycles. The largest absolute Gasteiger partial charge is 0.362 e. The number of nitrogens with one attached hydrogen (secondary N) is 2. The fourth-order valence-electron chi connectivity index (χ4n) is 1.60. The molecule has 0 radical (unpaired) electrons. The second-order valence-electron chi connectivity index (χ2n) is 3.96. The van der Waals surface area contributed by atoms with Gasteiger partial charge in [0.1, 0.15) is 5.82 Å². The van der Waals surface area contributed by atoms with Crippen LogP contribution in [-0.4, -0.2) is 9.97 Å².